The molecule has 2 saturated heterocycles. The molecular weight excluding hydrogens is 176 g/mol. The van der Waals surface area contributed by atoms with Crippen molar-refractivity contribution >= 4 is 12.4 Å². The molecule has 0 aliphatic carbocycles. The van der Waals surface area contributed by atoms with Gasteiger partial charge in [0.1, 0.15) is 0 Å². The monoisotopic (exact) mass is 194 g/mol. The van der Waals surface area contributed by atoms with Gasteiger partial charge in [-0.3, -0.25) is 10.0 Å². The van der Waals surface area contributed by atoms with Gasteiger partial charge < -0.3 is 0 Å². The highest BCUT2D eigenvalue weighted by molar-refractivity contribution is 6.15. The molecule has 0 radical (unpaired) electrons. The van der Waals surface area contributed by atoms with E-state index >= 15 is 0 Å². The zero-order chi connectivity index (χ0) is 9.64. The predicted octanol–water partition coefficient (Wildman–Crippen LogP) is 1.15. The first kappa shape index (κ1) is 9.49. The smallest absolute Gasteiger partial charge is 0.0671 e. The normalized spacial score (nSPS) is 23.4. The molecule has 14 heavy (non-hydrogen) atoms. The first-order valence-electron chi connectivity index (χ1n) is 5.51. The fourth-order valence-electron chi connectivity index (χ4n) is 1.88. The van der Waals surface area contributed by atoms with Gasteiger partial charge in [-0.2, -0.15) is 10.2 Å². The van der Waals surface area contributed by atoms with Crippen LogP contribution in [0, 0.1) is 0 Å². The molecule has 4 nitrogen and oxygen atoms in total. The number of hydrogen-bond acceptors (Lipinski definition) is 4. The minimum Gasteiger partial charge on any atom is -0.297 e. The standard InChI is InChI=1S/C10H18N4/c1-2-8-13(7-1)11-5-6-12-14-9-3-4-10-14/h5-6H,1-4,7-10H2/b11-5+,12-6+. The Balaban J connectivity index is 1.69. The van der Waals surface area contributed by atoms with Crippen molar-refractivity contribution in [3.63, 3.8) is 0 Å². The lowest BCUT2D eigenvalue weighted by molar-refractivity contribution is 0.359. The quantitative estimate of drug-likeness (QED) is 0.631. The topological polar surface area (TPSA) is 31.2 Å². The fourth-order valence-corrected chi connectivity index (χ4v) is 1.88. The average Bonchev–Trinajstić information content (AvgIpc) is 2.86. The Morgan fingerprint density at radius 1 is 0.643 bits per heavy atom. The highest BCUT2D eigenvalue weighted by Crippen LogP contribution is 2.07. The average molecular weight is 194 g/mol. The van der Waals surface area contributed by atoms with Crippen molar-refractivity contribution in [3.8, 4) is 0 Å². The molecule has 2 fully saturated rings. The zero-order valence-electron chi connectivity index (χ0n) is 8.60. The molecule has 0 spiro atoms. The van der Waals surface area contributed by atoms with Gasteiger partial charge in [0.15, 0.2) is 0 Å². The van der Waals surface area contributed by atoms with Crippen molar-refractivity contribution in [2.24, 2.45) is 10.2 Å². The molecule has 0 unspecified atom stereocenters. The largest absolute Gasteiger partial charge is 0.297 e. The van der Waals surface area contributed by atoms with Crippen molar-refractivity contribution in [2.75, 3.05) is 26.2 Å². The number of hydrogen-bond donors (Lipinski definition) is 0. The van der Waals surface area contributed by atoms with Crippen LogP contribution in [0.5, 0.6) is 0 Å². The molecular formula is C10H18N4. The lowest BCUT2D eigenvalue weighted by Gasteiger charge is -2.09. The van der Waals surface area contributed by atoms with Gasteiger partial charge in [0.05, 0.1) is 12.4 Å². The highest BCUT2D eigenvalue weighted by atomic mass is 15.5. The number of rotatable bonds is 3. The molecule has 2 aliphatic heterocycles. The van der Waals surface area contributed by atoms with Gasteiger partial charge in [-0.1, -0.05) is 0 Å². The second kappa shape index (κ2) is 4.98. The van der Waals surface area contributed by atoms with Crippen LogP contribution in [0.15, 0.2) is 10.2 Å². The summed E-state index contributed by atoms with van der Waals surface area (Å²) in [6, 6.07) is 0. The Morgan fingerprint density at radius 2 is 1.00 bits per heavy atom. The molecule has 2 aliphatic rings. The molecule has 0 atom stereocenters. The summed E-state index contributed by atoms with van der Waals surface area (Å²) in [7, 11) is 0. The summed E-state index contributed by atoms with van der Waals surface area (Å²) in [6.45, 7) is 4.42. The fraction of sp³-hybridized carbons (Fsp3) is 0.800. The maximum atomic E-state index is 4.32. The van der Waals surface area contributed by atoms with E-state index in [0.29, 0.717) is 0 Å². The van der Waals surface area contributed by atoms with Crippen molar-refractivity contribution < 1.29 is 0 Å². The van der Waals surface area contributed by atoms with Gasteiger partial charge in [0.2, 0.25) is 0 Å². The van der Waals surface area contributed by atoms with E-state index in [4.69, 9.17) is 0 Å². The summed E-state index contributed by atoms with van der Waals surface area (Å²) < 4.78 is 0. The minimum atomic E-state index is 1.11. The summed E-state index contributed by atoms with van der Waals surface area (Å²) in [5, 5.41) is 12.8. The number of nitrogens with zero attached hydrogens (tertiary/aromatic N) is 4. The van der Waals surface area contributed by atoms with Crippen LogP contribution in [0.25, 0.3) is 0 Å². The Morgan fingerprint density at radius 3 is 1.36 bits per heavy atom. The van der Waals surface area contributed by atoms with Gasteiger partial charge in [0, 0.05) is 26.2 Å². The maximum Gasteiger partial charge on any atom is 0.0671 e. The molecule has 2 heterocycles. The van der Waals surface area contributed by atoms with E-state index in [9.17, 15) is 0 Å². The summed E-state index contributed by atoms with van der Waals surface area (Å²) in [5.74, 6) is 0. The van der Waals surface area contributed by atoms with Crippen molar-refractivity contribution in [1.82, 2.24) is 10.0 Å². The minimum absolute atomic E-state index is 1.11. The Labute approximate surface area is 85.3 Å². The molecule has 0 aromatic heterocycles. The zero-order valence-corrected chi connectivity index (χ0v) is 8.60. The third-order valence-electron chi connectivity index (χ3n) is 2.69. The van der Waals surface area contributed by atoms with Crippen molar-refractivity contribution in [1.29, 1.82) is 0 Å². The lowest BCUT2D eigenvalue weighted by atomic mass is 10.4. The molecule has 0 aromatic carbocycles. The van der Waals surface area contributed by atoms with Crippen molar-refractivity contribution in [3.05, 3.63) is 0 Å². The maximum absolute atomic E-state index is 4.32. The van der Waals surface area contributed by atoms with Gasteiger partial charge in [-0.25, -0.2) is 0 Å². The van der Waals surface area contributed by atoms with E-state index < -0.39 is 0 Å². The van der Waals surface area contributed by atoms with Crippen LogP contribution in [-0.2, 0) is 0 Å². The van der Waals surface area contributed by atoms with Gasteiger partial charge >= 0.3 is 0 Å². The van der Waals surface area contributed by atoms with Crippen molar-refractivity contribution in [2.45, 2.75) is 25.7 Å². The van der Waals surface area contributed by atoms with Crippen LogP contribution in [0.1, 0.15) is 25.7 Å². The third kappa shape index (κ3) is 2.72. The Hall–Kier alpha value is -1.06. The molecule has 0 amide bonds. The predicted molar refractivity (Wildman–Crippen MR) is 58.6 cm³/mol. The van der Waals surface area contributed by atoms with Crippen LogP contribution in [0.3, 0.4) is 0 Å². The molecule has 0 aromatic rings. The Kier molecular flexibility index (Phi) is 3.38. The van der Waals surface area contributed by atoms with Gasteiger partial charge in [0.25, 0.3) is 0 Å². The van der Waals surface area contributed by atoms with E-state index in [2.05, 4.69) is 20.2 Å². The third-order valence-corrected chi connectivity index (χ3v) is 2.69. The Bertz CT molecular complexity index is 188. The second-order valence-corrected chi connectivity index (χ2v) is 3.85. The summed E-state index contributed by atoms with van der Waals surface area (Å²) in [5.41, 5.74) is 0. The van der Waals surface area contributed by atoms with Gasteiger partial charge in [-0.05, 0) is 25.7 Å². The van der Waals surface area contributed by atoms with E-state index in [0.717, 1.165) is 26.2 Å². The molecule has 78 valence electrons. The SMILES string of the molecule is C(/C=N/N1CCCC1)=N\N1CCCC1. The summed E-state index contributed by atoms with van der Waals surface area (Å²) in [6.07, 6.45) is 8.73. The van der Waals surface area contributed by atoms with Gasteiger partial charge in [-0.15, -0.1) is 0 Å². The van der Waals surface area contributed by atoms with Crippen LogP contribution in [0.4, 0.5) is 0 Å². The molecule has 4 heteroatoms. The molecule has 2 rings (SSSR count). The molecule has 0 N–H and O–H groups in total. The van der Waals surface area contributed by atoms with E-state index in [1.165, 1.54) is 25.7 Å². The van der Waals surface area contributed by atoms with E-state index in [1.807, 2.05) is 12.4 Å². The molecule has 0 bridgehead atoms. The van der Waals surface area contributed by atoms with E-state index in [-0.39, 0.29) is 0 Å². The van der Waals surface area contributed by atoms with E-state index in [1.54, 1.807) is 0 Å². The second-order valence-electron chi connectivity index (χ2n) is 3.85. The highest BCUT2D eigenvalue weighted by Gasteiger charge is 2.07. The van der Waals surface area contributed by atoms with Crippen LogP contribution < -0.4 is 0 Å². The van der Waals surface area contributed by atoms with Crippen LogP contribution in [0.2, 0.25) is 0 Å². The summed E-state index contributed by atoms with van der Waals surface area (Å²) in [4.78, 5) is 0. The van der Waals surface area contributed by atoms with Crippen LogP contribution >= 0.6 is 0 Å². The first-order valence-corrected chi connectivity index (χ1v) is 5.51. The lowest BCUT2D eigenvalue weighted by Crippen LogP contribution is -2.13. The summed E-state index contributed by atoms with van der Waals surface area (Å²) >= 11 is 0. The first-order chi connectivity index (χ1) is 6.95. The van der Waals surface area contributed by atoms with Crippen LogP contribution in [-0.4, -0.2) is 48.6 Å². The molecule has 0 saturated carbocycles. The number of hydrazone groups is 2.